The van der Waals surface area contributed by atoms with Gasteiger partial charge in [-0.05, 0) is 30.3 Å². The van der Waals surface area contributed by atoms with E-state index in [1.807, 2.05) is 18.2 Å². The first kappa shape index (κ1) is 12.6. The molecule has 2 heterocycles. The monoisotopic (exact) mass is 338 g/mol. The molecule has 0 atom stereocenters. The maximum Gasteiger partial charge on any atom is 0.174 e. The lowest BCUT2D eigenvalue weighted by molar-refractivity contribution is 1.22. The summed E-state index contributed by atoms with van der Waals surface area (Å²) in [6.45, 7) is 2.14. The van der Waals surface area contributed by atoms with Crippen LogP contribution in [-0.4, -0.2) is 27.2 Å². The Morgan fingerprint density at radius 2 is 1.52 bits per heavy atom. The van der Waals surface area contributed by atoms with E-state index in [9.17, 15) is 0 Å². The largest absolute Gasteiger partial charge is 0.335 e. The van der Waals surface area contributed by atoms with E-state index in [-0.39, 0.29) is 0 Å². The molecule has 102 valence electrons. The van der Waals surface area contributed by atoms with Crippen LogP contribution in [0, 0.1) is 0 Å². The van der Waals surface area contributed by atoms with Gasteiger partial charge in [-0.25, -0.2) is 9.97 Å². The normalized spacial score (nSPS) is 11.3. The first-order valence-corrected chi connectivity index (χ1v) is 7.66. The molecule has 4 rings (SSSR count). The quantitative estimate of drug-likeness (QED) is 0.552. The van der Waals surface area contributed by atoms with Crippen LogP contribution >= 0.6 is 15.9 Å². The smallest absolute Gasteiger partial charge is 0.174 e. The van der Waals surface area contributed by atoms with Gasteiger partial charge in [0, 0.05) is 4.47 Å². The Labute approximate surface area is 130 Å². The van der Waals surface area contributed by atoms with Crippen LogP contribution in [0.15, 0.2) is 40.9 Å². The van der Waals surface area contributed by atoms with Crippen molar-refractivity contribution in [2.24, 2.45) is 0 Å². The number of nitrogens with zero attached hydrogens (tertiary/aromatic N) is 2. The average Bonchev–Trinajstić information content (AvgIpc) is 3.08. The summed E-state index contributed by atoms with van der Waals surface area (Å²) in [6, 6.07) is 12.3. The molecule has 0 saturated carbocycles. The first-order chi connectivity index (χ1) is 10.2. The van der Waals surface area contributed by atoms with Gasteiger partial charge >= 0.3 is 0 Å². The third-order valence-electron chi connectivity index (χ3n) is 3.63. The van der Waals surface area contributed by atoms with Crippen LogP contribution in [0.1, 0.15) is 0 Å². The van der Waals surface area contributed by atoms with E-state index in [0.717, 1.165) is 45.5 Å². The number of nitrogens with one attached hydrogen (secondary N) is 2. The van der Waals surface area contributed by atoms with Gasteiger partial charge in [0.05, 0.1) is 22.1 Å². The summed E-state index contributed by atoms with van der Waals surface area (Å²) in [7, 11) is 1.01. The minimum Gasteiger partial charge on any atom is -0.335 e. The first-order valence-electron chi connectivity index (χ1n) is 6.87. The molecular formula is C15H12BBrN4. The zero-order valence-electron chi connectivity index (χ0n) is 11.4. The van der Waals surface area contributed by atoms with Crippen molar-refractivity contribution in [1.29, 1.82) is 0 Å². The number of H-pyrrole nitrogens is 2. The molecule has 0 fully saturated rings. The van der Waals surface area contributed by atoms with Crippen molar-refractivity contribution in [3.63, 3.8) is 0 Å². The molecule has 4 aromatic rings. The summed E-state index contributed by atoms with van der Waals surface area (Å²) in [5.74, 6) is 1.53. The fraction of sp³-hybridized carbons (Fsp3) is 0.0667. The number of aromatic amines is 2. The molecule has 2 aromatic carbocycles. The van der Waals surface area contributed by atoms with E-state index in [2.05, 4.69) is 60.9 Å². The minimum absolute atomic E-state index is 0.761. The number of benzene rings is 2. The summed E-state index contributed by atoms with van der Waals surface area (Å²) in [5.41, 5.74) is 5.22. The number of fused-ring (bicyclic) bond motifs is 2. The second-order valence-corrected chi connectivity index (χ2v) is 5.95. The van der Waals surface area contributed by atoms with E-state index in [0.29, 0.717) is 0 Å². The number of halogens is 1. The molecule has 0 radical (unpaired) electrons. The van der Waals surface area contributed by atoms with Crippen molar-refractivity contribution >= 4 is 50.7 Å². The zero-order valence-corrected chi connectivity index (χ0v) is 13.0. The molecule has 2 aromatic heterocycles. The van der Waals surface area contributed by atoms with Gasteiger partial charge in [0.2, 0.25) is 0 Å². The Bertz CT molecular complexity index is 957. The van der Waals surface area contributed by atoms with E-state index in [1.165, 1.54) is 5.46 Å². The van der Waals surface area contributed by atoms with Gasteiger partial charge in [0.1, 0.15) is 0 Å². The van der Waals surface area contributed by atoms with Crippen molar-refractivity contribution < 1.29 is 0 Å². The van der Waals surface area contributed by atoms with Crippen LogP contribution in [0.2, 0.25) is 6.82 Å². The summed E-state index contributed by atoms with van der Waals surface area (Å²) < 4.78 is 1.02. The number of hydrogen-bond donors (Lipinski definition) is 2. The molecule has 0 aliphatic rings. The molecule has 4 nitrogen and oxygen atoms in total. The maximum absolute atomic E-state index is 4.65. The van der Waals surface area contributed by atoms with Crippen LogP contribution in [0.4, 0.5) is 0 Å². The van der Waals surface area contributed by atoms with Crippen molar-refractivity contribution in [2.45, 2.75) is 6.82 Å². The number of aromatic nitrogens is 4. The van der Waals surface area contributed by atoms with Crippen molar-refractivity contribution in [3.05, 3.63) is 40.9 Å². The van der Waals surface area contributed by atoms with Gasteiger partial charge in [0.15, 0.2) is 18.9 Å². The van der Waals surface area contributed by atoms with Crippen molar-refractivity contribution in [3.8, 4) is 11.6 Å². The van der Waals surface area contributed by atoms with Gasteiger partial charge in [-0.2, -0.15) is 0 Å². The van der Waals surface area contributed by atoms with Crippen LogP contribution < -0.4 is 5.46 Å². The van der Waals surface area contributed by atoms with Crippen LogP contribution in [0.5, 0.6) is 0 Å². The maximum atomic E-state index is 4.65. The Balaban J connectivity index is 1.87. The fourth-order valence-corrected chi connectivity index (χ4v) is 2.82. The predicted octanol–water partition coefficient (Wildman–Crippen LogP) is 2.98. The lowest BCUT2D eigenvalue weighted by atomic mass is 9.73. The molecule has 0 aliphatic carbocycles. The third-order valence-corrected chi connectivity index (χ3v) is 4.12. The number of rotatable bonds is 2. The highest BCUT2D eigenvalue weighted by Crippen LogP contribution is 2.23. The Morgan fingerprint density at radius 1 is 0.905 bits per heavy atom. The minimum atomic E-state index is 0.761. The highest BCUT2D eigenvalue weighted by molar-refractivity contribution is 9.10. The second-order valence-electron chi connectivity index (χ2n) is 5.04. The second kappa shape index (κ2) is 4.74. The fourth-order valence-electron chi connectivity index (χ4n) is 2.47. The van der Waals surface area contributed by atoms with Crippen molar-refractivity contribution in [2.75, 3.05) is 0 Å². The van der Waals surface area contributed by atoms with E-state index in [4.69, 9.17) is 0 Å². The number of hydrogen-bond acceptors (Lipinski definition) is 2. The molecule has 0 bridgehead atoms. The van der Waals surface area contributed by atoms with Crippen LogP contribution in [-0.2, 0) is 0 Å². The third kappa shape index (κ3) is 2.16. The standard InChI is InChI=1S/C15H12BBrN4/c1-16-8-2-4-10-12(6-8)20-14(18-10)15-19-11-5-3-9(17)7-13(11)21-15/h2-7,16H,1H3,(H,18,20)(H,19,21). The molecule has 0 aliphatic heterocycles. The molecule has 2 N–H and O–H groups in total. The predicted molar refractivity (Wildman–Crippen MR) is 91.5 cm³/mol. The van der Waals surface area contributed by atoms with Gasteiger partial charge < -0.3 is 9.97 Å². The summed E-state index contributed by atoms with van der Waals surface area (Å²) >= 11 is 3.46. The number of imidazole rings is 2. The Hall–Kier alpha value is -2.08. The molecular weight excluding hydrogens is 327 g/mol. The van der Waals surface area contributed by atoms with Crippen molar-refractivity contribution in [1.82, 2.24) is 19.9 Å². The molecule has 0 spiro atoms. The average molecular weight is 339 g/mol. The highest BCUT2D eigenvalue weighted by atomic mass is 79.9. The van der Waals surface area contributed by atoms with Crippen LogP contribution in [0.25, 0.3) is 33.7 Å². The zero-order chi connectivity index (χ0) is 14.4. The van der Waals surface area contributed by atoms with Crippen LogP contribution in [0.3, 0.4) is 0 Å². The molecule has 0 amide bonds. The highest BCUT2D eigenvalue weighted by Gasteiger charge is 2.10. The van der Waals surface area contributed by atoms with Gasteiger partial charge in [-0.1, -0.05) is 34.3 Å². The molecule has 0 saturated heterocycles. The molecule has 6 heteroatoms. The van der Waals surface area contributed by atoms with E-state index < -0.39 is 0 Å². The summed E-state index contributed by atoms with van der Waals surface area (Å²) in [4.78, 5) is 15.9. The summed E-state index contributed by atoms with van der Waals surface area (Å²) in [5, 5.41) is 0. The topological polar surface area (TPSA) is 57.4 Å². The van der Waals surface area contributed by atoms with Gasteiger partial charge in [-0.3, -0.25) is 0 Å². The van der Waals surface area contributed by atoms with E-state index >= 15 is 0 Å². The summed E-state index contributed by atoms with van der Waals surface area (Å²) in [6.07, 6.45) is 0. The van der Waals surface area contributed by atoms with Gasteiger partial charge in [-0.15, -0.1) is 0 Å². The molecule has 21 heavy (non-hydrogen) atoms. The lowest BCUT2D eigenvalue weighted by Crippen LogP contribution is -2.08. The van der Waals surface area contributed by atoms with E-state index in [1.54, 1.807) is 0 Å². The Morgan fingerprint density at radius 3 is 2.19 bits per heavy atom. The SMILES string of the molecule is CBc1ccc2[nH]c(-c3nc4cc(Br)ccc4[nH]3)nc2c1. The van der Waals surface area contributed by atoms with Gasteiger partial charge in [0.25, 0.3) is 0 Å². The lowest BCUT2D eigenvalue weighted by Gasteiger charge is -1.92. The molecule has 0 unspecified atom stereocenters. The Kier molecular flexibility index (Phi) is 2.85.